The molecule has 0 N–H and O–H groups in total. The normalized spacial score (nSPS) is 26.8. The lowest BCUT2D eigenvalue weighted by Gasteiger charge is -2.60. The zero-order valence-corrected chi connectivity index (χ0v) is 24.3. The number of ether oxygens (including phenoxy) is 2. The van der Waals surface area contributed by atoms with E-state index in [0.29, 0.717) is 18.0 Å². The van der Waals surface area contributed by atoms with Crippen molar-refractivity contribution < 1.29 is 18.5 Å². The Hall–Kier alpha value is -1.83. The summed E-state index contributed by atoms with van der Waals surface area (Å²) in [4.78, 5) is 15.6. The SMILES string of the molecule is CC(OC1CC2(N(Cc3ccccc3)C(=O)OC(C)(C)C)CCC1(c1ccc(Br)cc1)CC2)=[S-](C)=O. The Labute approximate surface area is 225 Å². The lowest BCUT2D eigenvalue weighted by atomic mass is 9.53. The van der Waals surface area contributed by atoms with Gasteiger partial charge in [-0.3, -0.25) is 4.90 Å². The van der Waals surface area contributed by atoms with Crippen LogP contribution < -0.4 is 0 Å². The summed E-state index contributed by atoms with van der Waals surface area (Å²) in [7, 11) is -1.19. The van der Waals surface area contributed by atoms with Crippen LogP contribution in [0.15, 0.2) is 59.1 Å². The van der Waals surface area contributed by atoms with Crippen LogP contribution in [-0.4, -0.2) is 39.5 Å². The number of nitrogens with zero attached hydrogens (tertiary/aromatic N) is 1. The van der Waals surface area contributed by atoms with Gasteiger partial charge in [0.1, 0.15) is 5.60 Å². The van der Waals surface area contributed by atoms with Crippen LogP contribution in [0.4, 0.5) is 4.79 Å². The van der Waals surface area contributed by atoms with Crippen molar-refractivity contribution in [1.82, 2.24) is 4.90 Å². The Kier molecular flexibility index (Phi) is 7.94. The second-order valence-corrected chi connectivity index (χ2v) is 13.6. The van der Waals surface area contributed by atoms with E-state index in [1.165, 1.54) is 5.56 Å². The quantitative estimate of drug-likeness (QED) is 0.286. The number of rotatable bonds is 5. The third-order valence-electron chi connectivity index (χ3n) is 7.76. The summed E-state index contributed by atoms with van der Waals surface area (Å²) in [6.45, 7) is 8.01. The van der Waals surface area contributed by atoms with Gasteiger partial charge in [-0.2, -0.15) is 0 Å². The molecule has 36 heavy (non-hydrogen) atoms. The monoisotopic (exact) mass is 574 g/mol. The lowest BCUT2D eigenvalue weighted by Crippen LogP contribution is -2.65. The average molecular weight is 576 g/mol. The van der Waals surface area contributed by atoms with E-state index in [1.54, 1.807) is 13.2 Å². The molecule has 1 atom stereocenters. The van der Waals surface area contributed by atoms with Gasteiger partial charge in [-0.05, 0) is 88.1 Å². The first-order chi connectivity index (χ1) is 16.9. The van der Waals surface area contributed by atoms with Gasteiger partial charge in [0.2, 0.25) is 0 Å². The van der Waals surface area contributed by atoms with Crippen molar-refractivity contribution in [1.29, 1.82) is 0 Å². The van der Waals surface area contributed by atoms with Crippen molar-refractivity contribution in [3.05, 3.63) is 70.2 Å². The van der Waals surface area contributed by atoms with Gasteiger partial charge in [0.05, 0.1) is 6.10 Å². The van der Waals surface area contributed by atoms with Crippen LogP contribution in [0, 0.1) is 0 Å². The van der Waals surface area contributed by atoms with Crippen molar-refractivity contribution in [2.75, 3.05) is 6.26 Å². The number of carbonyl (C=O) groups excluding carboxylic acids is 1. The third kappa shape index (κ3) is 5.68. The van der Waals surface area contributed by atoms with E-state index in [9.17, 15) is 9.00 Å². The zero-order chi connectivity index (χ0) is 26.1. The first kappa shape index (κ1) is 27.2. The van der Waals surface area contributed by atoms with Gasteiger partial charge in [-0.1, -0.05) is 58.4 Å². The summed E-state index contributed by atoms with van der Waals surface area (Å²) in [6, 6.07) is 18.6. The molecule has 1 unspecified atom stereocenters. The van der Waals surface area contributed by atoms with E-state index in [0.717, 1.165) is 35.7 Å². The molecule has 3 saturated carbocycles. The van der Waals surface area contributed by atoms with E-state index in [-0.39, 0.29) is 17.6 Å². The van der Waals surface area contributed by atoms with E-state index in [2.05, 4.69) is 52.3 Å². The summed E-state index contributed by atoms with van der Waals surface area (Å²) < 4.78 is 25.8. The van der Waals surface area contributed by atoms with Gasteiger partial charge in [0, 0.05) is 22.0 Å². The molecule has 3 aliphatic rings. The lowest BCUT2D eigenvalue weighted by molar-refractivity contribution is -0.0967. The second-order valence-electron chi connectivity index (χ2n) is 11.2. The third-order valence-corrected chi connectivity index (χ3v) is 9.19. The largest absolute Gasteiger partial charge is 0.459 e. The molecule has 0 aromatic heterocycles. The molecule has 1 amide bonds. The smallest absolute Gasteiger partial charge is 0.411 e. The molecule has 7 heteroatoms. The second kappa shape index (κ2) is 10.5. The van der Waals surface area contributed by atoms with Gasteiger partial charge in [0.25, 0.3) is 0 Å². The highest BCUT2D eigenvalue weighted by Gasteiger charge is 2.59. The minimum atomic E-state index is -1.19. The standard InChI is InChI=1S/C29H37BrNO4S/c1-21(36(5)33)34-25-19-28(15-17-29(25,18-16-28)23-11-13-24(30)14-12-23)31(26(32)35-27(2,3)4)20-22-9-7-6-8-10-22/h6-14,25H,15-20H2,1-5H3/q-1. The number of benzene rings is 2. The zero-order valence-electron chi connectivity index (χ0n) is 21.9. The molecule has 0 heterocycles. The van der Waals surface area contributed by atoms with Crippen molar-refractivity contribution >= 4 is 37.5 Å². The predicted molar refractivity (Wildman–Crippen MR) is 149 cm³/mol. The maximum Gasteiger partial charge on any atom is 0.411 e. The van der Waals surface area contributed by atoms with Crippen LogP contribution in [0.3, 0.4) is 0 Å². The Morgan fingerprint density at radius 3 is 2.22 bits per heavy atom. The fraction of sp³-hybridized carbons (Fsp3) is 0.517. The molecular formula is C29H37BrNO4S-. The Balaban J connectivity index is 1.74. The number of carbonyl (C=O) groups is 1. The van der Waals surface area contributed by atoms with E-state index in [4.69, 9.17) is 9.47 Å². The van der Waals surface area contributed by atoms with Gasteiger partial charge in [-0.25, -0.2) is 15.2 Å². The van der Waals surface area contributed by atoms with Crippen LogP contribution >= 0.6 is 15.9 Å². The highest BCUT2D eigenvalue weighted by Crippen LogP contribution is 2.57. The fourth-order valence-electron chi connectivity index (χ4n) is 5.80. The molecule has 3 aliphatic carbocycles. The number of fused-ring (bicyclic) bond motifs is 3. The summed E-state index contributed by atoms with van der Waals surface area (Å²) >= 11 is 3.56. The Morgan fingerprint density at radius 1 is 1.06 bits per heavy atom. The Bertz CT molecular complexity index is 1160. The molecule has 0 spiro atoms. The molecular weight excluding hydrogens is 538 g/mol. The maximum absolute atomic E-state index is 13.7. The molecule has 0 saturated heterocycles. The van der Waals surface area contributed by atoms with Crippen LogP contribution in [0.2, 0.25) is 0 Å². The van der Waals surface area contributed by atoms with E-state index < -0.39 is 21.5 Å². The van der Waals surface area contributed by atoms with Gasteiger partial charge >= 0.3 is 6.09 Å². The fourth-order valence-corrected chi connectivity index (χ4v) is 6.31. The molecule has 0 aliphatic heterocycles. The summed E-state index contributed by atoms with van der Waals surface area (Å²) in [5.41, 5.74) is 1.14. The molecule has 3 fully saturated rings. The first-order valence-corrected chi connectivity index (χ1v) is 14.9. The first-order valence-electron chi connectivity index (χ1n) is 12.6. The van der Waals surface area contributed by atoms with Gasteiger partial charge in [0.15, 0.2) is 0 Å². The van der Waals surface area contributed by atoms with Gasteiger partial charge in [-0.15, -0.1) is 6.26 Å². The summed E-state index contributed by atoms with van der Waals surface area (Å²) in [5.74, 6) is 0. The molecule has 2 aromatic rings. The van der Waals surface area contributed by atoms with Crippen LogP contribution in [0.25, 0.3) is 0 Å². The Morgan fingerprint density at radius 2 is 1.67 bits per heavy atom. The molecule has 196 valence electrons. The number of halogens is 1. The average Bonchev–Trinajstić information content (AvgIpc) is 2.83. The molecule has 2 aromatic carbocycles. The highest BCUT2D eigenvalue weighted by molar-refractivity contribution is 9.10. The molecule has 5 rings (SSSR count). The van der Waals surface area contributed by atoms with Gasteiger partial charge < -0.3 is 13.7 Å². The number of amides is 1. The summed E-state index contributed by atoms with van der Waals surface area (Å²) in [5, 5.41) is 0.533. The van der Waals surface area contributed by atoms with Crippen molar-refractivity contribution in [3.63, 3.8) is 0 Å². The highest BCUT2D eigenvalue weighted by atomic mass is 79.9. The van der Waals surface area contributed by atoms with Crippen LogP contribution in [0.1, 0.15) is 70.9 Å². The summed E-state index contributed by atoms with van der Waals surface area (Å²) in [6.07, 6.45) is 5.35. The van der Waals surface area contributed by atoms with E-state index >= 15 is 0 Å². The van der Waals surface area contributed by atoms with Crippen LogP contribution in [0.5, 0.6) is 0 Å². The van der Waals surface area contributed by atoms with E-state index in [1.807, 2.05) is 43.9 Å². The maximum atomic E-state index is 13.7. The molecule has 2 bridgehead atoms. The van der Waals surface area contributed by atoms with Crippen molar-refractivity contribution in [2.45, 2.75) is 89.0 Å². The number of hydrogen-bond acceptors (Lipinski definition) is 5. The molecule has 5 nitrogen and oxygen atoms in total. The van der Waals surface area contributed by atoms with Crippen molar-refractivity contribution in [2.24, 2.45) is 0 Å². The molecule has 0 radical (unpaired) electrons. The topological polar surface area (TPSA) is 55.8 Å². The number of hydrogen-bond donors (Lipinski definition) is 0. The van der Waals surface area contributed by atoms with Crippen molar-refractivity contribution in [3.8, 4) is 0 Å². The van der Waals surface area contributed by atoms with Crippen LogP contribution in [-0.2, 0) is 36.0 Å². The minimum absolute atomic E-state index is 0.185. The predicted octanol–water partition coefficient (Wildman–Crippen LogP) is 6.97. The minimum Gasteiger partial charge on any atom is -0.459 e.